The molecule has 3 saturated carbocycles. The lowest BCUT2D eigenvalue weighted by atomic mass is 9.80. The van der Waals surface area contributed by atoms with Gasteiger partial charge in [0.25, 0.3) is 0 Å². The topological polar surface area (TPSA) is 12.0 Å². The van der Waals surface area contributed by atoms with E-state index >= 15 is 0 Å². The molecule has 0 aromatic carbocycles. The van der Waals surface area contributed by atoms with E-state index in [1.165, 1.54) is 45.1 Å². The average molecular weight is 263 g/mol. The van der Waals surface area contributed by atoms with E-state index in [0.717, 1.165) is 29.7 Å². The molecule has 0 saturated heterocycles. The zero-order chi connectivity index (χ0) is 13.1. The highest BCUT2D eigenvalue weighted by molar-refractivity contribution is 4.89. The third-order valence-corrected chi connectivity index (χ3v) is 6.24. The Labute approximate surface area is 119 Å². The lowest BCUT2D eigenvalue weighted by molar-refractivity contribution is 0.247. The first-order valence-electron chi connectivity index (χ1n) is 9.08. The monoisotopic (exact) mass is 263 g/mol. The van der Waals surface area contributed by atoms with Crippen molar-refractivity contribution in [3.63, 3.8) is 0 Å². The molecule has 5 unspecified atom stereocenters. The summed E-state index contributed by atoms with van der Waals surface area (Å²) in [6, 6.07) is 0.842. The highest BCUT2D eigenvalue weighted by Gasteiger charge is 2.36. The van der Waals surface area contributed by atoms with Crippen LogP contribution in [0.3, 0.4) is 0 Å². The Balaban J connectivity index is 1.67. The quantitative estimate of drug-likeness (QED) is 0.774. The molecule has 0 amide bonds. The second kappa shape index (κ2) is 6.61. The number of hydrogen-bond donors (Lipinski definition) is 1. The summed E-state index contributed by atoms with van der Waals surface area (Å²) < 4.78 is 0. The Kier molecular flexibility index (Phi) is 4.84. The number of fused-ring (bicyclic) bond motifs is 5. The summed E-state index contributed by atoms with van der Waals surface area (Å²) in [6.07, 6.45) is 16.6. The molecule has 19 heavy (non-hydrogen) atoms. The molecule has 3 aliphatic rings. The molecule has 0 radical (unpaired) electrons. The maximum Gasteiger partial charge on any atom is 0.00699 e. The molecule has 0 aliphatic heterocycles. The highest BCUT2D eigenvalue weighted by atomic mass is 14.9. The van der Waals surface area contributed by atoms with Gasteiger partial charge in [-0.15, -0.1) is 0 Å². The molecule has 0 spiro atoms. The molecule has 110 valence electrons. The van der Waals surface area contributed by atoms with Crippen LogP contribution < -0.4 is 5.32 Å². The van der Waals surface area contributed by atoms with Gasteiger partial charge in [0.2, 0.25) is 0 Å². The van der Waals surface area contributed by atoms with Crippen molar-refractivity contribution >= 4 is 0 Å². The zero-order valence-corrected chi connectivity index (χ0v) is 12.9. The Morgan fingerprint density at radius 2 is 1.58 bits per heavy atom. The van der Waals surface area contributed by atoms with E-state index in [1.807, 2.05) is 0 Å². The van der Waals surface area contributed by atoms with E-state index in [0.29, 0.717) is 0 Å². The predicted octanol–water partition coefficient (Wildman–Crippen LogP) is 4.76. The molecule has 3 rings (SSSR count). The Morgan fingerprint density at radius 1 is 0.789 bits per heavy atom. The fourth-order valence-corrected chi connectivity index (χ4v) is 5.31. The molecule has 0 aromatic heterocycles. The van der Waals surface area contributed by atoms with Gasteiger partial charge in [0, 0.05) is 6.04 Å². The average Bonchev–Trinajstić information content (AvgIpc) is 2.82. The van der Waals surface area contributed by atoms with Crippen molar-refractivity contribution in [3.05, 3.63) is 0 Å². The third-order valence-electron chi connectivity index (χ3n) is 6.24. The van der Waals surface area contributed by atoms with Crippen LogP contribution in [0.2, 0.25) is 0 Å². The number of rotatable bonds is 3. The number of nitrogens with one attached hydrogen (secondary N) is 1. The highest BCUT2D eigenvalue weighted by Crippen LogP contribution is 2.46. The smallest absolute Gasteiger partial charge is 0.00699 e. The summed E-state index contributed by atoms with van der Waals surface area (Å²) in [5, 5.41) is 3.83. The molecule has 5 atom stereocenters. The number of hydrogen-bond acceptors (Lipinski definition) is 1. The second-order valence-electron chi connectivity index (χ2n) is 7.71. The Hall–Kier alpha value is -0.0400. The van der Waals surface area contributed by atoms with Gasteiger partial charge in [0.1, 0.15) is 0 Å². The van der Waals surface area contributed by atoms with Crippen LogP contribution in [0.25, 0.3) is 0 Å². The molecule has 0 heterocycles. The fraction of sp³-hybridized carbons (Fsp3) is 1.00. The Bertz CT molecular complexity index is 275. The van der Waals surface area contributed by atoms with Crippen LogP contribution >= 0.6 is 0 Å². The first-order chi connectivity index (χ1) is 9.35. The van der Waals surface area contributed by atoms with Gasteiger partial charge in [-0.2, -0.15) is 0 Å². The van der Waals surface area contributed by atoms with Crippen LogP contribution in [0.4, 0.5) is 0 Å². The van der Waals surface area contributed by atoms with Gasteiger partial charge < -0.3 is 5.32 Å². The van der Waals surface area contributed by atoms with Gasteiger partial charge >= 0.3 is 0 Å². The zero-order valence-electron chi connectivity index (χ0n) is 12.9. The molecule has 1 heteroatoms. The standard InChI is InChI=1S/C18H33N/c1-2-9-19-18-8-7-15-10-14-5-3-4-6-16(11-14)17(12-15)13-18/h14-19H,2-13H2,1H3. The van der Waals surface area contributed by atoms with E-state index in [1.54, 1.807) is 32.1 Å². The van der Waals surface area contributed by atoms with Crippen molar-refractivity contribution in [1.29, 1.82) is 0 Å². The van der Waals surface area contributed by atoms with Gasteiger partial charge in [-0.1, -0.05) is 32.6 Å². The van der Waals surface area contributed by atoms with E-state index in [2.05, 4.69) is 12.2 Å². The SMILES string of the molecule is CCCNC1CCC2CC3CCCCC(C3)C(C2)C1. The summed E-state index contributed by atoms with van der Waals surface area (Å²) in [6.45, 7) is 3.53. The summed E-state index contributed by atoms with van der Waals surface area (Å²) in [7, 11) is 0. The van der Waals surface area contributed by atoms with Gasteiger partial charge in [-0.25, -0.2) is 0 Å². The summed E-state index contributed by atoms with van der Waals surface area (Å²) in [5.41, 5.74) is 0. The van der Waals surface area contributed by atoms with E-state index in [9.17, 15) is 0 Å². The summed E-state index contributed by atoms with van der Waals surface area (Å²) in [5.74, 6) is 4.32. The second-order valence-corrected chi connectivity index (χ2v) is 7.71. The predicted molar refractivity (Wildman–Crippen MR) is 82.2 cm³/mol. The van der Waals surface area contributed by atoms with Crippen molar-refractivity contribution in [2.24, 2.45) is 23.7 Å². The normalized spacial score (nSPS) is 43.1. The van der Waals surface area contributed by atoms with Crippen LogP contribution in [-0.4, -0.2) is 12.6 Å². The van der Waals surface area contributed by atoms with Crippen LogP contribution in [0.1, 0.15) is 77.6 Å². The van der Waals surface area contributed by atoms with Gasteiger partial charge in [-0.05, 0) is 75.2 Å². The molecule has 3 aliphatic carbocycles. The van der Waals surface area contributed by atoms with Crippen LogP contribution in [0.5, 0.6) is 0 Å². The largest absolute Gasteiger partial charge is 0.314 e. The first-order valence-corrected chi connectivity index (χ1v) is 9.08. The van der Waals surface area contributed by atoms with Crippen molar-refractivity contribution in [1.82, 2.24) is 5.32 Å². The van der Waals surface area contributed by atoms with Crippen molar-refractivity contribution in [2.45, 2.75) is 83.6 Å². The van der Waals surface area contributed by atoms with E-state index in [4.69, 9.17) is 0 Å². The minimum Gasteiger partial charge on any atom is -0.314 e. The molecule has 0 aromatic rings. The summed E-state index contributed by atoms with van der Waals surface area (Å²) in [4.78, 5) is 0. The fourth-order valence-electron chi connectivity index (χ4n) is 5.31. The van der Waals surface area contributed by atoms with Gasteiger partial charge in [0.15, 0.2) is 0 Å². The molecular formula is C18H33N. The maximum atomic E-state index is 3.83. The molecule has 1 N–H and O–H groups in total. The minimum atomic E-state index is 0.842. The van der Waals surface area contributed by atoms with Crippen LogP contribution in [-0.2, 0) is 0 Å². The van der Waals surface area contributed by atoms with Crippen LogP contribution in [0.15, 0.2) is 0 Å². The molecule has 3 fully saturated rings. The lowest BCUT2D eigenvalue weighted by Crippen LogP contribution is -2.32. The third kappa shape index (κ3) is 3.54. The van der Waals surface area contributed by atoms with E-state index < -0.39 is 0 Å². The summed E-state index contributed by atoms with van der Waals surface area (Å²) >= 11 is 0. The van der Waals surface area contributed by atoms with E-state index in [-0.39, 0.29) is 0 Å². The molecule has 4 bridgehead atoms. The Morgan fingerprint density at radius 3 is 2.47 bits per heavy atom. The first kappa shape index (κ1) is 13.9. The molecule has 1 nitrogen and oxygen atoms in total. The van der Waals surface area contributed by atoms with Crippen molar-refractivity contribution < 1.29 is 0 Å². The maximum absolute atomic E-state index is 3.83. The minimum absolute atomic E-state index is 0.842. The van der Waals surface area contributed by atoms with Gasteiger partial charge in [-0.3, -0.25) is 0 Å². The van der Waals surface area contributed by atoms with Crippen LogP contribution in [0, 0.1) is 23.7 Å². The van der Waals surface area contributed by atoms with Crippen molar-refractivity contribution in [2.75, 3.05) is 6.54 Å². The lowest BCUT2D eigenvalue weighted by Gasteiger charge is -2.28. The van der Waals surface area contributed by atoms with Gasteiger partial charge in [0.05, 0.1) is 0 Å². The molecular weight excluding hydrogens is 230 g/mol. The van der Waals surface area contributed by atoms with Crippen molar-refractivity contribution in [3.8, 4) is 0 Å².